The Hall–Kier alpha value is 4.78. The summed E-state index contributed by atoms with van der Waals surface area (Å²) >= 11 is 0. The van der Waals surface area contributed by atoms with Crippen LogP contribution in [0, 0.1) is 0 Å². The van der Waals surface area contributed by atoms with Crippen molar-refractivity contribution in [1.82, 2.24) is 0 Å². The predicted octanol–water partition coefficient (Wildman–Crippen LogP) is -7.36. The Morgan fingerprint density at radius 3 is 0.368 bits per heavy atom. The molecular weight excluding hydrogens is 939 g/mol. The van der Waals surface area contributed by atoms with Gasteiger partial charge in [0.1, 0.15) is 0 Å². The van der Waals surface area contributed by atoms with Gasteiger partial charge in [0.25, 0.3) is 0 Å². The summed E-state index contributed by atoms with van der Waals surface area (Å²) < 4.78 is 0. The molecule has 0 amide bonds. The van der Waals surface area contributed by atoms with E-state index in [1.54, 1.807) is 0 Å². The van der Waals surface area contributed by atoms with Gasteiger partial charge < -0.3 is 53.3 Å². The molecule has 0 aromatic rings. The molecule has 19 heavy (non-hydrogen) atoms. The second-order valence-corrected chi connectivity index (χ2v) is 0.827. The molecule has 0 saturated carbocycles. The topological polar surface area (TPSA) is 270 Å². The first kappa shape index (κ1) is 129. The van der Waals surface area contributed by atoms with Crippen LogP contribution in [0.15, 0.2) is 0 Å². The van der Waals surface area contributed by atoms with Crippen LogP contribution in [0.4, 0.5) is 0 Å². The summed E-state index contributed by atoms with van der Waals surface area (Å²) in [4.78, 5) is 0. The van der Waals surface area contributed by atoms with Gasteiger partial charge >= 0.3 is 0 Å². The van der Waals surface area contributed by atoms with Crippen molar-refractivity contribution in [2.45, 2.75) is 12.6 Å². The summed E-state index contributed by atoms with van der Waals surface area (Å²) in [5.41, 5.74) is 0. The largest absolute Gasteiger partial charge is 0.412 e. The van der Waals surface area contributed by atoms with E-state index in [2.05, 4.69) is 0 Å². The fourth-order valence-electron chi connectivity index (χ4n) is 0. The normalized spacial score (nSPS) is 3.47. The van der Waals surface area contributed by atoms with Crippen LogP contribution >= 0.6 is 0 Å². The third kappa shape index (κ3) is 128. The van der Waals surface area contributed by atoms with Crippen molar-refractivity contribution in [1.29, 1.82) is 0 Å². The molecule has 0 spiro atoms. The van der Waals surface area contributed by atoms with Crippen LogP contribution in [0.2, 0.25) is 0 Å². The Bertz CT molecular complexity index is 46.9. The Labute approximate surface area is 219 Å². The third-order valence-corrected chi connectivity index (χ3v) is 0.267. The first-order valence-electron chi connectivity index (χ1n) is 1.37. The van der Waals surface area contributed by atoms with Crippen molar-refractivity contribution in [2.75, 3.05) is 0 Å². The molecule has 0 atom stereocenters. The zero-order valence-corrected chi connectivity index (χ0v) is 18.4. The fourth-order valence-corrected chi connectivity index (χ4v) is 0. The van der Waals surface area contributed by atoms with Gasteiger partial charge in [-0.2, -0.15) is 0 Å². The van der Waals surface area contributed by atoms with Crippen LogP contribution < -0.4 is 0 Å². The van der Waals surface area contributed by atoms with E-state index >= 15 is 0 Å². The molecule has 0 aromatic carbocycles. The van der Waals surface area contributed by atoms with Crippen molar-refractivity contribution < 1.29 is 210 Å². The van der Waals surface area contributed by atoms with Crippen molar-refractivity contribution in [3.63, 3.8) is 0 Å². The number of rotatable bonds is 1. The Balaban J connectivity index is -0.00000000160. The van der Waals surface area contributed by atoms with Crippen LogP contribution in [0.3, 0.4) is 0 Å². The van der Waals surface area contributed by atoms with Crippen LogP contribution in [0.25, 0.3) is 0 Å². The van der Waals surface area contributed by atoms with Crippen LogP contribution in [-0.2, 0) is 157 Å². The van der Waals surface area contributed by atoms with Gasteiger partial charge in [0, 0.05) is 157 Å². The summed E-state index contributed by atoms with van der Waals surface area (Å²) in [7, 11) is 0. The van der Waals surface area contributed by atoms with E-state index < -0.39 is 12.6 Å². The smallest absolute Gasteiger partial charge is 0.204 e. The molecule has 0 aliphatic rings. The van der Waals surface area contributed by atoms with E-state index in [4.69, 9.17) is 20.4 Å². The first-order chi connectivity index (χ1) is 2.64. The maximum Gasteiger partial charge on any atom is 0.204 e. The summed E-state index contributed by atoms with van der Waals surface area (Å²) in [6.07, 6.45) is -4.07. The van der Waals surface area contributed by atoms with Gasteiger partial charge in [-0.05, 0) is 0 Å². The average molecular weight is 957 g/mol. The van der Waals surface area contributed by atoms with Gasteiger partial charge in [-0.25, -0.2) is 0 Å². The second kappa shape index (κ2) is 93.0. The minimum absolute atomic E-state index is 0. The molecule has 0 aliphatic heterocycles. The van der Waals surface area contributed by atoms with Crippen molar-refractivity contribution in [2.24, 2.45) is 0 Å². The molecule has 17 heteroatoms. The quantitative estimate of drug-likeness (QED) is 0.147. The summed E-state index contributed by atoms with van der Waals surface area (Å²) in [6.45, 7) is 0. The molecule has 0 bridgehead atoms. The average Bonchev–Trinajstić information content (AvgIpc) is 1.36. The number of aliphatic hydroxyl groups is 4. The van der Waals surface area contributed by atoms with Gasteiger partial charge in [-0.15, -0.1) is 0 Å². The predicted molar refractivity (Wildman–Crippen MR) is 38.1 cm³/mol. The van der Waals surface area contributed by atoms with Crippen LogP contribution in [0.1, 0.15) is 0 Å². The van der Waals surface area contributed by atoms with Crippen LogP contribution in [0.5, 0.6) is 0 Å². The van der Waals surface area contributed by atoms with E-state index in [0.717, 1.165) is 0 Å². The monoisotopic (exact) mass is 950 g/mol. The molecule has 163 valence electrons. The molecule has 10 nitrogen and oxygen atoms in total. The molecule has 0 heterocycles. The van der Waals surface area contributed by atoms with Gasteiger partial charge in [0.05, 0.1) is 0 Å². The Morgan fingerprint density at radius 2 is 0.368 bits per heavy atom. The summed E-state index contributed by atoms with van der Waals surface area (Å²) in [6, 6.07) is 0. The maximum absolute atomic E-state index is 7.69. The molecule has 0 unspecified atom stereocenters. The molecule has 0 fully saturated rings. The van der Waals surface area contributed by atoms with E-state index in [0.29, 0.717) is 0 Å². The van der Waals surface area contributed by atoms with Crippen molar-refractivity contribution >= 4 is 0 Å². The van der Waals surface area contributed by atoms with Gasteiger partial charge in [-0.1, -0.05) is 0 Å². The Morgan fingerprint density at radius 1 is 0.316 bits per heavy atom. The molecule has 16 N–H and O–H groups in total. The van der Waals surface area contributed by atoms with Crippen LogP contribution in [-0.4, -0.2) is 65.9 Å². The zero-order valence-electron chi connectivity index (χ0n) is 8.05. The van der Waals surface area contributed by atoms with Gasteiger partial charge in [0.2, 0.25) is 12.6 Å². The van der Waals surface area contributed by atoms with Gasteiger partial charge in [0.15, 0.2) is 0 Å². The molecule has 0 aromatic heterocycles. The minimum atomic E-state index is -2.04. The van der Waals surface area contributed by atoms with Gasteiger partial charge in [-0.3, -0.25) is 0 Å². The molecule has 0 aliphatic carbocycles. The van der Waals surface area contributed by atoms with E-state index in [1.807, 2.05) is 0 Å². The maximum atomic E-state index is 7.69. The van der Waals surface area contributed by atoms with Crippen molar-refractivity contribution in [3.8, 4) is 0 Å². The van der Waals surface area contributed by atoms with Crippen molar-refractivity contribution in [3.05, 3.63) is 0 Å². The molecule has 0 saturated heterocycles. The number of aliphatic hydroxyl groups excluding tert-OH is 2. The second-order valence-electron chi connectivity index (χ2n) is 0.827. The summed E-state index contributed by atoms with van der Waals surface area (Å²) in [5.74, 6) is 0. The van der Waals surface area contributed by atoms with E-state index in [1.165, 1.54) is 0 Å². The number of hydrogen-bond acceptors (Lipinski definition) is 4. The summed E-state index contributed by atoms with van der Waals surface area (Å²) in [5, 5.41) is 30.7. The fraction of sp³-hybridized carbons (Fsp3) is 1.00. The first-order valence-corrected chi connectivity index (χ1v) is 1.37. The molecular formula is C2H18Ag7O10. The standard InChI is InChI=1S/C2H6O4.7Ag.6H2O/c3-1(4)2(5)6;;;;;;;;;;;;;/h1-6H;;;;;;;;6*1H2. The van der Waals surface area contributed by atoms with E-state index in [9.17, 15) is 0 Å². The minimum Gasteiger partial charge on any atom is -0.412 e. The third-order valence-electron chi connectivity index (χ3n) is 0.267. The SMILES string of the molecule is O.O.O.O.O.O.OC(O)C(O)O.[Ag].[Ag].[Ag].[Ag].[Ag].[Ag].[Ag]. The number of hydrogen-bond donors (Lipinski definition) is 4. The van der Waals surface area contributed by atoms with E-state index in [-0.39, 0.29) is 190 Å². The zero-order chi connectivity index (χ0) is 5.15. The Kier molecular flexibility index (Phi) is 631. The molecule has 7 radical (unpaired) electrons. The molecule has 0 rings (SSSR count).